The number of aryl methyl sites for hydroxylation is 1. The molecule has 6 heteroatoms. The van der Waals surface area contributed by atoms with Crippen LogP contribution in [0.3, 0.4) is 0 Å². The van der Waals surface area contributed by atoms with Crippen LogP contribution in [0, 0.1) is 6.92 Å². The first-order valence-electron chi connectivity index (χ1n) is 6.29. The van der Waals surface area contributed by atoms with E-state index in [0.717, 1.165) is 5.56 Å². The first kappa shape index (κ1) is 15.7. The smallest absolute Gasteiger partial charge is 0.237 e. The van der Waals surface area contributed by atoms with Crippen LogP contribution < -0.4 is 9.46 Å². The number of ether oxygens (including phenoxy) is 1. The summed E-state index contributed by atoms with van der Waals surface area (Å²) in [6, 6.07) is 12.0. The summed E-state index contributed by atoms with van der Waals surface area (Å²) in [7, 11) is -2.02. The van der Waals surface area contributed by atoms with Crippen LogP contribution in [-0.2, 0) is 15.8 Å². The second-order valence-electron chi connectivity index (χ2n) is 4.69. The van der Waals surface area contributed by atoms with Gasteiger partial charge in [0, 0.05) is 5.02 Å². The van der Waals surface area contributed by atoms with Gasteiger partial charge < -0.3 is 4.74 Å². The standard InChI is InChI=1S/C15H16ClNO3S/c1-11-3-8-15(20-2)14(9-11)17-21(18,19)10-12-4-6-13(16)7-5-12/h3-9,17H,10H2,1-2H3. The Kier molecular flexibility index (Phi) is 4.75. The molecular formula is C15H16ClNO3S. The Hall–Kier alpha value is -1.72. The molecule has 0 heterocycles. The fourth-order valence-electron chi connectivity index (χ4n) is 1.91. The van der Waals surface area contributed by atoms with Crippen molar-refractivity contribution < 1.29 is 13.2 Å². The third-order valence-corrected chi connectivity index (χ3v) is 4.39. The van der Waals surface area contributed by atoms with Crippen molar-refractivity contribution in [2.45, 2.75) is 12.7 Å². The highest BCUT2D eigenvalue weighted by molar-refractivity contribution is 7.91. The predicted molar refractivity (Wildman–Crippen MR) is 85.4 cm³/mol. The lowest BCUT2D eigenvalue weighted by molar-refractivity contribution is 0.417. The van der Waals surface area contributed by atoms with Gasteiger partial charge in [0.2, 0.25) is 10.0 Å². The molecule has 1 N–H and O–H groups in total. The summed E-state index contributed by atoms with van der Waals surface area (Å²) in [6.45, 7) is 1.89. The summed E-state index contributed by atoms with van der Waals surface area (Å²) >= 11 is 5.79. The lowest BCUT2D eigenvalue weighted by atomic mass is 10.2. The number of sulfonamides is 1. The van der Waals surface area contributed by atoms with Crippen molar-refractivity contribution in [1.82, 2.24) is 0 Å². The summed E-state index contributed by atoms with van der Waals surface area (Å²) in [6.07, 6.45) is 0. The Balaban J connectivity index is 2.21. The Morgan fingerprint density at radius 3 is 2.43 bits per heavy atom. The average molecular weight is 326 g/mol. The van der Waals surface area contributed by atoms with Gasteiger partial charge in [-0.05, 0) is 42.3 Å². The zero-order valence-electron chi connectivity index (χ0n) is 11.8. The molecule has 0 unspecified atom stereocenters. The number of benzene rings is 2. The van der Waals surface area contributed by atoms with E-state index < -0.39 is 10.0 Å². The van der Waals surface area contributed by atoms with Crippen molar-refractivity contribution in [3.63, 3.8) is 0 Å². The largest absolute Gasteiger partial charge is 0.495 e. The highest BCUT2D eigenvalue weighted by atomic mass is 35.5. The van der Waals surface area contributed by atoms with E-state index in [0.29, 0.717) is 22.0 Å². The van der Waals surface area contributed by atoms with Gasteiger partial charge in [-0.3, -0.25) is 4.72 Å². The van der Waals surface area contributed by atoms with E-state index in [9.17, 15) is 8.42 Å². The molecule has 2 rings (SSSR count). The Bertz CT molecular complexity index is 727. The lowest BCUT2D eigenvalue weighted by Gasteiger charge is -2.12. The van der Waals surface area contributed by atoms with Gasteiger partial charge in [0.05, 0.1) is 18.6 Å². The molecule has 21 heavy (non-hydrogen) atoms. The molecule has 0 saturated carbocycles. The number of methoxy groups -OCH3 is 1. The topological polar surface area (TPSA) is 55.4 Å². The Morgan fingerprint density at radius 1 is 1.14 bits per heavy atom. The second-order valence-corrected chi connectivity index (χ2v) is 6.85. The first-order valence-corrected chi connectivity index (χ1v) is 8.32. The van der Waals surface area contributed by atoms with Gasteiger partial charge in [-0.2, -0.15) is 0 Å². The summed E-state index contributed by atoms with van der Waals surface area (Å²) in [5.41, 5.74) is 2.05. The molecule has 0 aromatic heterocycles. The summed E-state index contributed by atoms with van der Waals surface area (Å²) in [4.78, 5) is 0. The van der Waals surface area contributed by atoms with Crippen LogP contribution in [0.25, 0.3) is 0 Å². The molecule has 0 saturated heterocycles. The van der Waals surface area contributed by atoms with Gasteiger partial charge in [0.15, 0.2) is 0 Å². The number of rotatable bonds is 5. The summed E-state index contributed by atoms with van der Waals surface area (Å²) in [5, 5.41) is 0.574. The molecule has 4 nitrogen and oxygen atoms in total. The van der Waals surface area contributed by atoms with Gasteiger partial charge in [0.25, 0.3) is 0 Å². The first-order chi connectivity index (χ1) is 9.89. The number of halogens is 1. The van der Waals surface area contributed by atoms with Crippen molar-refractivity contribution in [2.75, 3.05) is 11.8 Å². The minimum absolute atomic E-state index is 0.124. The maximum absolute atomic E-state index is 12.2. The molecule has 0 atom stereocenters. The van der Waals surface area contributed by atoms with E-state index in [1.165, 1.54) is 7.11 Å². The minimum atomic E-state index is -3.52. The number of nitrogens with one attached hydrogen (secondary N) is 1. The van der Waals surface area contributed by atoms with E-state index in [1.54, 1.807) is 36.4 Å². The molecule has 0 spiro atoms. The Labute approximate surface area is 129 Å². The third kappa shape index (κ3) is 4.37. The van der Waals surface area contributed by atoms with E-state index in [-0.39, 0.29) is 5.75 Å². The van der Waals surface area contributed by atoms with Gasteiger partial charge in [0.1, 0.15) is 5.75 Å². The lowest BCUT2D eigenvalue weighted by Crippen LogP contribution is -2.15. The van der Waals surface area contributed by atoms with Crippen molar-refractivity contribution in [3.05, 3.63) is 58.6 Å². The van der Waals surface area contributed by atoms with Crippen LogP contribution in [0.2, 0.25) is 5.02 Å². The van der Waals surface area contributed by atoms with Gasteiger partial charge in [-0.1, -0.05) is 29.8 Å². The molecule has 0 fully saturated rings. The van der Waals surface area contributed by atoms with Crippen LogP contribution in [0.1, 0.15) is 11.1 Å². The van der Waals surface area contributed by atoms with Crippen molar-refractivity contribution in [1.29, 1.82) is 0 Å². The number of hydrogen-bond acceptors (Lipinski definition) is 3. The molecule has 0 amide bonds. The molecule has 112 valence electrons. The van der Waals surface area contributed by atoms with Crippen LogP contribution >= 0.6 is 11.6 Å². The monoisotopic (exact) mass is 325 g/mol. The highest BCUT2D eigenvalue weighted by Gasteiger charge is 2.14. The van der Waals surface area contributed by atoms with Crippen molar-refractivity contribution >= 4 is 27.3 Å². The molecule has 2 aromatic carbocycles. The number of anilines is 1. The van der Waals surface area contributed by atoms with E-state index in [2.05, 4.69) is 4.72 Å². The molecule has 0 aliphatic carbocycles. The van der Waals surface area contributed by atoms with Crippen LogP contribution in [0.4, 0.5) is 5.69 Å². The maximum Gasteiger partial charge on any atom is 0.237 e. The maximum atomic E-state index is 12.2. The van der Waals surface area contributed by atoms with Crippen molar-refractivity contribution in [3.8, 4) is 5.75 Å². The minimum Gasteiger partial charge on any atom is -0.495 e. The fourth-order valence-corrected chi connectivity index (χ4v) is 3.23. The zero-order chi connectivity index (χ0) is 15.5. The van der Waals surface area contributed by atoms with E-state index in [1.807, 2.05) is 13.0 Å². The van der Waals surface area contributed by atoms with Gasteiger partial charge >= 0.3 is 0 Å². The van der Waals surface area contributed by atoms with Crippen molar-refractivity contribution in [2.24, 2.45) is 0 Å². The Morgan fingerprint density at radius 2 is 1.81 bits per heavy atom. The quantitative estimate of drug-likeness (QED) is 0.913. The SMILES string of the molecule is COc1ccc(C)cc1NS(=O)(=O)Cc1ccc(Cl)cc1. The van der Waals surface area contributed by atoms with E-state index in [4.69, 9.17) is 16.3 Å². The van der Waals surface area contributed by atoms with Crippen LogP contribution in [0.15, 0.2) is 42.5 Å². The highest BCUT2D eigenvalue weighted by Crippen LogP contribution is 2.26. The van der Waals surface area contributed by atoms with Gasteiger partial charge in [-0.15, -0.1) is 0 Å². The zero-order valence-corrected chi connectivity index (χ0v) is 13.3. The summed E-state index contributed by atoms with van der Waals surface area (Å²) in [5.74, 6) is 0.363. The predicted octanol–water partition coefficient (Wildman–Crippen LogP) is 3.60. The average Bonchev–Trinajstić information content (AvgIpc) is 2.41. The van der Waals surface area contributed by atoms with Crippen LogP contribution in [-0.4, -0.2) is 15.5 Å². The fraction of sp³-hybridized carbons (Fsp3) is 0.200. The van der Waals surface area contributed by atoms with Gasteiger partial charge in [-0.25, -0.2) is 8.42 Å². The summed E-state index contributed by atoms with van der Waals surface area (Å²) < 4.78 is 32.2. The normalized spacial score (nSPS) is 11.2. The molecule has 0 aliphatic rings. The number of hydrogen-bond donors (Lipinski definition) is 1. The third-order valence-electron chi connectivity index (χ3n) is 2.89. The molecular weight excluding hydrogens is 310 g/mol. The van der Waals surface area contributed by atoms with E-state index >= 15 is 0 Å². The molecule has 0 aliphatic heterocycles. The molecule has 0 bridgehead atoms. The second kappa shape index (κ2) is 6.37. The molecule has 0 radical (unpaired) electrons. The molecule has 2 aromatic rings. The van der Waals surface area contributed by atoms with Crippen LogP contribution in [0.5, 0.6) is 5.75 Å².